The molecule has 1 rings (SSSR count). The summed E-state index contributed by atoms with van der Waals surface area (Å²) in [5.41, 5.74) is 9.10. The molecule has 1 unspecified atom stereocenters. The van der Waals surface area contributed by atoms with Crippen molar-refractivity contribution in [3.63, 3.8) is 0 Å². The molecule has 12 heavy (non-hydrogen) atoms. The van der Waals surface area contributed by atoms with E-state index in [9.17, 15) is 0 Å². The van der Waals surface area contributed by atoms with Crippen LogP contribution in [0.5, 0.6) is 0 Å². The van der Waals surface area contributed by atoms with Crippen molar-refractivity contribution in [2.24, 2.45) is 5.73 Å². The third kappa shape index (κ3) is 1.84. The lowest BCUT2D eigenvalue weighted by Gasteiger charge is -2.11. The Morgan fingerprint density at radius 2 is 2.08 bits per heavy atom. The molecule has 0 saturated carbocycles. The van der Waals surface area contributed by atoms with Crippen molar-refractivity contribution in [3.8, 4) is 0 Å². The predicted octanol–water partition coefficient (Wildman–Crippen LogP) is 1.30. The third-order valence-corrected chi connectivity index (χ3v) is 2.02. The monoisotopic (exact) mass is 165 g/mol. The van der Waals surface area contributed by atoms with E-state index in [4.69, 9.17) is 10.8 Å². The van der Waals surface area contributed by atoms with Crippen molar-refractivity contribution in [2.75, 3.05) is 6.61 Å². The SMILES string of the molecule is Cc1ccc(C(N)CO)c(C)c1. The first-order valence-corrected chi connectivity index (χ1v) is 4.08. The third-order valence-electron chi connectivity index (χ3n) is 2.02. The van der Waals surface area contributed by atoms with E-state index in [-0.39, 0.29) is 12.6 Å². The van der Waals surface area contributed by atoms with E-state index in [2.05, 4.69) is 6.07 Å². The maximum atomic E-state index is 8.86. The van der Waals surface area contributed by atoms with Gasteiger partial charge in [0.2, 0.25) is 0 Å². The van der Waals surface area contributed by atoms with Gasteiger partial charge in [-0.25, -0.2) is 0 Å². The second-order valence-electron chi connectivity index (χ2n) is 3.15. The summed E-state index contributed by atoms with van der Waals surface area (Å²) in [6.45, 7) is 4.06. The lowest BCUT2D eigenvalue weighted by Crippen LogP contribution is -2.15. The summed E-state index contributed by atoms with van der Waals surface area (Å²) in [7, 11) is 0. The average molecular weight is 165 g/mol. The molecule has 0 aromatic heterocycles. The summed E-state index contributed by atoms with van der Waals surface area (Å²) in [6, 6.07) is 5.82. The van der Waals surface area contributed by atoms with Crippen molar-refractivity contribution >= 4 is 0 Å². The second-order valence-corrected chi connectivity index (χ2v) is 3.15. The molecule has 2 nitrogen and oxygen atoms in total. The van der Waals surface area contributed by atoms with Crippen molar-refractivity contribution in [3.05, 3.63) is 34.9 Å². The van der Waals surface area contributed by atoms with E-state index in [0.717, 1.165) is 11.1 Å². The zero-order valence-electron chi connectivity index (χ0n) is 7.54. The minimum Gasteiger partial charge on any atom is -0.394 e. The molecule has 1 aromatic carbocycles. The van der Waals surface area contributed by atoms with Crippen LogP contribution < -0.4 is 5.73 Å². The van der Waals surface area contributed by atoms with Gasteiger partial charge in [-0.15, -0.1) is 0 Å². The number of benzene rings is 1. The molecular formula is C10H15NO. The van der Waals surface area contributed by atoms with Gasteiger partial charge in [0.05, 0.1) is 12.6 Å². The zero-order chi connectivity index (χ0) is 9.14. The number of aliphatic hydroxyl groups is 1. The highest BCUT2D eigenvalue weighted by atomic mass is 16.3. The van der Waals surface area contributed by atoms with E-state index in [1.807, 2.05) is 26.0 Å². The van der Waals surface area contributed by atoms with Crippen molar-refractivity contribution < 1.29 is 5.11 Å². The molecular weight excluding hydrogens is 150 g/mol. The molecule has 0 aliphatic heterocycles. The Morgan fingerprint density at radius 3 is 2.58 bits per heavy atom. The van der Waals surface area contributed by atoms with Crippen LogP contribution >= 0.6 is 0 Å². The van der Waals surface area contributed by atoms with Crippen LogP contribution in [0.4, 0.5) is 0 Å². The number of nitrogens with two attached hydrogens (primary N) is 1. The highest BCUT2D eigenvalue weighted by Crippen LogP contribution is 2.16. The van der Waals surface area contributed by atoms with Gasteiger partial charge in [-0.2, -0.15) is 0 Å². The van der Waals surface area contributed by atoms with Gasteiger partial charge >= 0.3 is 0 Å². The average Bonchev–Trinajstić information content (AvgIpc) is 2.03. The van der Waals surface area contributed by atoms with Gasteiger partial charge in [0.15, 0.2) is 0 Å². The standard InChI is InChI=1S/C10H15NO/c1-7-3-4-9(8(2)5-7)10(11)6-12/h3-5,10,12H,6,11H2,1-2H3. The molecule has 0 fully saturated rings. The molecule has 0 heterocycles. The van der Waals surface area contributed by atoms with Gasteiger partial charge in [0.1, 0.15) is 0 Å². The minimum absolute atomic E-state index is 0.00387. The predicted molar refractivity (Wildman–Crippen MR) is 49.9 cm³/mol. The van der Waals surface area contributed by atoms with Crippen LogP contribution in [0, 0.1) is 13.8 Å². The van der Waals surface area contributed by atoms with Crippen LogP contribution in [0.25, 0.3) is 0 Å². The Labute approximate surface area is 73.0 Å². The highest BCUT2D eigenvalue weighted by Gasteiger charge is 2.06. The molecule has 0 bridgehead atoms. The zero-order valence-corrected chi connectivity index (χ0v) is 7.54. The number of aryl methyl sites for hydroxylation is 2. The number of hydrogen-bond acceptors (Lipinski definition) is 2. The summed E-state index contributed by atoms with van der Waals surface area (Å²) in [6.07, 6.45) is 0. The van der Waals surface area contributed by atoms with Crippen LogP contribution in [0.15, 0.2) is 18.2 Å². The first-order chi connectivity index (χ1) is 5.65. The molecule has 66 valence electrons. The maximum Gasteiger partial charge on any atom is 0.0624 e. The van der Waals surface area contributed by atoms with Gasteiger partial charge in [-0.05, 0) is 25.0 Å². The Kier molecular flexibility index (Phi) is 2.84. The summed E-state index contributed by atoms with van der Waals surface area (Å²) in [4.78, 5) is 0. The van der Waals surface area contributed by atoms with Crippen LogP contribution in [-0.4, -0.2) is 11.7 Å². The summed E-state index contributed by atoms with van der Waals surface area (Å²) < 4.78 is 0. The summed E-state index contributed by atoms with van der Waals surface area (Å²) in [5.74, 6) is 0. The molecule has 1 atom stereocenters. The Balaban J connectivity index is 3.01. The summed E-state index contributed by atoms with van der Waals surface area (Å²) in [5, 5.41) is 8.86. The minimum atomic E-state index is -0.245. The first kappa shape index (κ1) is 9.23. The molecule has 0 saturated heterocycles. The molecule has 2 heteroatoms. The van der Waals surface area contributed by atoms with Gasteiger partial charge in [0, 0.05) is 0 Å². The smallest absolute Gasteiger partial charge is 0.0624 e. The van der Waals surface area contributed by atoms with Crippen LogP contribution in [-0.2, 0) is 0 Å². The normalized spacial score (nSPS) is 13.0. The van der Waals surface area contributed by atoms with Crippen LogP contribution in [0.3, 0.4) is 0 Å². The largest absolute Gasteiger partial charge is 0.394 e. The number of rotatable bonds is 2. The molecule has 1 aromatic rings. The van der Waals surface area contributed by atoms with Gasteiger partial charge in [0.25, 0.3) is 0 Å². The van der Waals surface area contributed by atoms with Crippen molar-refractivity contribution in [1.82, 2.24) is 0 Å². The molecule has 0 aliphatic carbocycles. The maximum absolute atomic E-state index is 8.86. The lowest BCUT2D eigenvalue weighted by molar-refractivity contribution is 0.267. The van der Waals surface area contributed by atoms with Crippen molar-refractivity contribution in [2.45, 2.75) is 19.9 Å². The quantitative estimate of drug-likeness (QED) is 0.693. The van der Waals surface area contributed by atoms with Crippen LogP contribution in [0.1, 0.15) is 22.7 Å². The summed E-state index contributed by atoms with van der Waals surface area (Å²) >= 11 is 0. The lowest BCUT2D eigenvalue weighted by atomic mass is 10.0. The molecule has 0 amide bonds. The fourth-order valence-corrected chi connectivity index (χ4v) is 1.34. The fraction of sp³-hybridized carbons (Fsp3) is 0.400. The first-order valence-electron chi connectivity index (χ1n) is 4.08. The topological polar surface area (TPSA) is 46.2 Å². The van der Waals surface area contributed by atoms with E-state index in [1.54, 1.807) is 0 Å². The van der Waals surface area contributed by atoms with E-state index in [0.29, 0.717) is 0 Å². The Morgan fingerprint density at radius 1 is 1.42 bits per heavy atom. The Bertz CT molecular complexity index is 271. The fourth-order valence-electron chi connectivity index (χ4n) is 1.34. The highest BCUT2D eigenvalue weighted by molar-refractivity contribution is 5.32. The molecule has 3 N–H and O–H groups in total. The molecule has 0 aliphatic rings. The number of aliphatic hydroxyl groups excluding tert-OH is 1. The van der Waals surface area contributed by atoms with Gasteiger partial charge < -0.3 is 10.8 Å². The van der Waals surface area contributed by atoms with Gasteiger partial charge in [-0.3, -0.25) is 0 Å². The van der Waals surface area contributed by atoms with E-state index < -0.39 is 0 Å². The molecule has 0 spiro atoms. The van der Waals surface area contributed by atoms with E-state index in [1.165, 1.54) is 5.56 Å². The van der Waals surface area contributed by atoms with Gasteiger partial charge in [-0.1, -0.05) is 23.8 Å². The second kappa shape index (κ2) is 3.70. The molecule has 0 radical (unpaired) electrons. The number of hydrogen-bond donors (Lipinski definition) is 2. The van der Waals surface area contributed by atoms with Crippen molar-refractivity contribution in [1.29, 1.82) is 0 Å². The Hall–Kier alpha value is -0.860. The van der Waals surface area contributed by atoms with Crippen LogP contribution in [0.2, 0.25) is 0 Å². The van der Waals surface area contributed by atoms with E-state index >= 15 is 0 Å².